The fourth-order valence-corrected chi connectivity index (χ4v) is 0.529. The highest BCUT2D eigenvalue weighted by Crippen LogP contribution is 1.73. The summed E-state index contributed by atoms with van der Waals surface area (Å²) in [4.78, 5) is 0. The molecule has 0 aliphatic rings. The second-order valence-electron chi connectivity index (χ2n) is 2.15. The summed E-state index contributed by atoms with van der Waals surface area (Å²) in [6, 6.07) is -0.100. The summed E-state index contributed by atoms with van der Waals surface area (Å²) in [7, 11) is 0. The van der Waals surface area contributed by atoms with E-state index in [9.17, 15) is 0 Å². The molecule has 11 heavy (non-hydrogen) atoms. The quantitative estimate of drug-likeness (QED) is 0.511. The maximum atomic E-state index is 8.47. The van der Waals surface area contributed by atoms with E-state index in [0.717, 1.165) is 13.0 Å². The summed E-state index contributed by atoms with van der Waals surface area (Å²) in [6.45, 7) is 7.85. The van der Waals surface area contributed by atoms with E-state index in [1.165, 1.54) is 0 Å². The van der Waals surface area contributed by atoms with Gasteiger partial charge in [0.15, 0.2) is 0 Å². The zero-order chi connectivity index (χ0) is 9.11. The van der Waals surface area contributed by atoms with E-state index in [1.807, 2.05) is 13.8 Å². The van der Waals surface area contributed by atoms with Crippen LogP contribution in [0.3, 0.4) is 0 Å². The normalized spacial score (nSPS) is 11.7. The minimum atomic E-state index is -0.100. The van der Waals surface area contributed by atoms with Crippen molar-refractivity contribution in [2.75, 3.05) is 19.7 Å². The third kappa shape index (κ3) is 13.0. The standard InChI is InChI=1S/C6H16N2O.C2H6/c1-2-3-8-4-6(7)5-9;1-2/h6,8-9H,2-5,7H2,1H3;1-2H3. The highest BCUT2D eigenvalue weighted by Gasteiger charge is 1.96. The summed E-state index contributed by atoms with van der Waals surface area (Å²) in [5.41, 5.74) is 5.40. The van der Waals surface area contributed by atoms with Crippen LogP contribution in [0.5, 0.6) is 0 Å². The largest absolute Gasteiger partial charge is 0.395 e. The molecule has 0 aromatic heterocycles. The number of nitrogens with two attached hydrogens (primary N) is 1. The molecule has 3 nitrogen and oxygen atoms in total. The molecule has 0 rings (SSSR count). The van der Waals surface area contributed by atoms with Crippen molar-refractivity contribution in [3.8, 4) is 0 Å². The summed E-state index contributed by atoms with van der Waals surface area (Å²) in [5, 5.41) is 11.6. The van der Waals surface area contributed by atoms with Crippen molar-refractivity contribution in [3.63, 3.8) is 0 Å². The second kappa shape index (κ2) is 12.5. The monoisotopic (exact) mass is 162 g/mol. The maximum absolute atomic E-state index is 8.47. The van der Waals surface area contributed by atoms with Gasteiger partial charge >= 0.3 is 0 Å². The fraction of sp³-hybridized carbons (Fsp3) is 1.00. The van der Waals surface area contributed by atoms with E-state index >= 15 is 0 Å². The number of aliphatic hydroxyl groups is 1. The Morgan fingerprint density at radius 2 is 2.00 bits per heavy atom. The maximum Gasteiger partial charge on any atom is 0.0594 e. The fourth-order valence-electron chi connectivity index (χ4n) is 0.529. The lowest BCUT2D eigenvalue weighted by molar-refractivity contribution is 0.262. The van der Waals surface area contributed by atoms with Crippen LogP contribution in [-0.2, 0) is 0 Å². The Morgan fingerprint density at radius 3 is 2.36 bits per heavy atom. The van der Waals surface area contributed by atoms with Crippen LogP contribution >= 0.6 is 0 Å². The van der Waals surface area contributed by atoms with Gasteiger partial charge in [0.25, 0.3) is 0 Å². The van der Waals surface area contributed by atoms with Gasteiger partial charge < -0.3 is 16.2 Å². The number of hydrogen-bond acceptors (Lipinski definition) is 3. The molecule has 0 radical (unpaired) electrons. The van der Waals surface area contributed by atoms with Gasteiger partial charge in [0.1, 0.15) is 0 Å². The molecule has 4 N–H and O–H groups in total. The van der Waals surface area contributed by atoms with Crippen LogP contribution in [0.25, 0.3) is 0 Å². The molecule has 1 atom stereocenters. The highest BCUT2D eigenvalue weighted by atomic mass is 16.3. The van der Waals surface area contributed by atoms with Crippen LogP contribution in [0.4, 0.5) is 0 Å². The number of aliphatic hydroxyl groups excluding tert-OH is 1. The summed E-state index contributed by atoms with van der Waals surface area (Å²) in [6.07, 6.45) is 1.11. The Bertz CT molecular complexity index is 60.1. The van der Waals surface area contributed by atoms with Gasteiger partial charge in [-0.05, 0) is 13.0 Å². The molecule has 0 heterocycles. The summed E-state index contributed by atoms with van der Waals surface area (Å²) < 4.78 is 0. The Kier molecular flexibility index (Phi) is 15.4. The molecule has 1 unspecified atom stereocenters. The molecule has 70 valence electrons. The van der Waals surface area contributed by atoms with E-state index in [4.69, 9.17) is 10.8 Å². The van der Waals surface area contributed by atoms with Crippen LogP contribution in [-0.4, -0.2) is 30.8 Å². The number of hydrogen-bond donors (Lipinski definition) is 3. The van der Waals surface area contributed by atoms with Crippen molar-refractivity contribution in [1.29, 1.82) is 0 Å². The van der Waals surface area contributed by atoms with E-state index in [1.54, 1.807) is 0 Å². The van der Waals surface area contributed by atoms with Crippen molar-refractivity contribution in [1.82, 2.24) is 5.32 Å². The topological polar surface area (TPSA) is 58.3 Å². The smallest absolute Gasteiger partial charge is 0.0594 e. The van der Waals surface area contributed by atoms with Crippen LogP contribution < -0.4 is 11.1 Å². The molecule has 0 aromatic carbocycles. The summed E-state index contributed by atoms with van der Waals surface area (Å²) in [5.74, 6) is 0. The van der Waals surface area contributed by atoms with Gasteiger partial charge in [-0.2, -0.15) is 0 Å². The molecule has 0 bridgehead atoms. The first-order valence-corrected chi connectivity index (χ1v) is 4.38. The van der Waals surface area contributed by atoms with E-state index in [-0.39, 0.29) is 12.6 Å². The predicted molar refractivity (Wildman–Crippen MR) is 49.6 cm³/mol. The van der Waals surface area contributed by atoms with Gasteiger partial charge in [0, 0.05) is 12.6 Å². The molecule has 0 amide bonds. The zero-order valence-electron chi connectivity index (χ0n) is 7.93. The average molecular weight is 162 g/mol. The minimum absolute atomic E-state index is 0.0662. The number of nitrogens with one attached hydrogen (secondary N) is 1. The van der Waals surface area contributed by atoms with Gasteiger partial charge in [0.05, 0.1) is 6.61 Å². The van der Waals surface area contributed by atoms with Crippen molar-refractivity contribution >= 4 is 0 Å². The highest BCUT2D eigenvalue weighted by molar-refractivity contribution is 4.61. The van der Waals surface area contributed by atoms with E-state index < -0.39 is 0 Å². The lowest BCUT2D eigenvalue weighted by Gasteiger charge is -2.07. The first-order chi connectivity index (χ1) is 5.31. The molecule has 3 heteroatoms. The molecule has 0 aliphatic carbocycles. The first-order valence-electron chi connectivity index (χ1n) is 4.38. The van der Waals surface area contributed by atoms with E-state index in [2.05, 4.69) is 12.2 Å². The van der Waals surface area contributed by atoms with Crippen LogP contribution in [0.15, 0.2) is 0 Å². The van der Waals surface area contributed by atoms with Crippen LogP contribution in [0.1, 0.15) is 27.2 Å². The van der Waals surface area contributed by atoms with E-state index in [0.29, 0.717) is 6.54 Å². The third-order valence-corrected chi connectivity index (χ3v) is 1.07. The minimum Gasteiger partial charge on any atom is -0.395 e. The SMILES string of the molecule is CC.CCCNCC(N)CO. The predicted octanol–water partition coefficient (Wildman–Crippen LogP) is 0.332. The Hall–Kier alpha value is -0.120. The molecule has 0 spiro atoms. The van der Waals surface area contributed by atoms with Crippen LogP contribution in [0.2, 0.25) is 0 Å². The molecular weight excluding hydrogens is 140 g/mol. The average Bonchev–Trinajstić information content (AvgIpc) is 2.08. The van der Waals surface area contributed by atoms with Gasteiger partial charge in [-0.3, -0.25) is 0 Å². The van der Waals surface area contributed by atoms with Gasteiger partial charge in [-0.15, -0.1) is 0 Å². The Balaban J connectivity index is 0. The van der Waals surface area contributed by atoms with Crippen LogP contribution in [0, 0.1) is 0 Å². The van der Waals surface area contributed by atoms with Crippen molar-refractivity contribution in [2.24, 2.45) is 5.73 Å². The Morgan fingerprint density at radius 1 is 1.45 bits per heavy atom. The zero-order valence-corrected chi connectivity index (χ0v) is 7.93. The molecule has 0 saturated heterocycles. The lowest BCUT2D eigenvalue weighted by Crippen LogP contribution is -2.36. The number of rotatable bonds is 5. The lowest BCUT2D eigenvalue weighted by atomic mass is 10.3. The summed E-state index contributed by atoms with van der Waals surface area (Å²) >= 11 is 0. The molecular formula is C8H22N2O. The van der Waals surface area contributed by atoms with Gasteiger partial charge in [-0.25, -0.2) is 0 Å². The molecule has 0 aliphatic heterocycles. The Labute approximate surface area is 70.0 Å². The van der Waals surface area contributed by atoms with Crippen molar-refractivity contribution in [2.45, 2.75) is 33.2 Å². The second-order valence-corrected chi connectivity index (χ2v) is 2.15. The molecule has 0 saturated carbocycles. The van der Waals surface area contributed by atoms with Crippen molar-refractivity contribution < 1.29 is 5.11 Å². The molecule has 0 fully saturated rings. The first kappa shape index (κ1) is 13.5. The van der Waals surface area contributed by atoms with Crippen molar-refractivity contribution in [3.05, 3.63) is 0 Å². The van der Waals surface area contributed by atoms with Gasteiger partial charge in [-0.1, -0.05) is 20.8 Å². The third-order valence-electron chi connectivity index (χ3n) is 1.07. The molecule has 0 aromatic rings. The van der Waals surface area contributed by atoms with Gasteiger partial charge in [0.2, 0.25) is 0 Å².